The molecule has 0 aliphatic heterocycles. The second kappa shape index (κ2) is 4.66. The first-order valence-electron chi connectivity index (χ1n) is 5.09. The van der Waals surface area contributed by atoms with Gasteiger partial charge in [0.05, 0.1) is 12.2 Å². The molecule has 0 N–H and O–H groups in total. The summed E-state index contributed by atoms with van der Waals surface area (Å²) < 4.78 is 44.2. The number of alkyl halides is 3. The van der Waals surface area contributed by atoms with Crippen LogP contribution < -0.4 is 0 Å². The zero-order valence-electron chi connectivity index (χ0n) is 9.17. The summed E-state index contributed by atoms with van der Waals surface area (Å²) in [5, 5.41) is 2.10. The van der Waals surface area contributed by atoms with Gasteiger partial charge >= 0.3 is 6.18 Å². The van der Waals surface area contributed by atoms with Crippen molar-refractivity contribution in [2.75, 3.05) is 13.7 Å². The van der Waals surface area contributed by atoms with Gasteiger partial charge in [0.2, 0.25) is 0 Å². The molecule has 0 fully saturated rings. The monoisotopic (exact) mass is 260 g/mol. The second-order valence-corrected chi connectivity index (χ2v) is 4.59. The molecular weight excluding hydrogens is 249 g/mol. The van der Waals surface area contributed by atoms with Crippen LogP contribution >= 0.6 is 11.3 Å². The largest absolute Gasteiger partial charge is 0.417 e. The molecule has 0 amide bonds. The molecule has 2 rings (SSSR count). The summed E-state index contributed by atoms with van der Waals surface area (Å²) in [5.41, 5.74) is 0.155. The van der Waals surface area contributed by atoms with E-state index in [9.17, 15) is 13.2 Å². The molecule has 0 spiro atoms. The van der Waals surface area contributed by atoms with Gasteiger partial charge in [0, 0.05) is 17.2 Å². The topological polar surface area (TPSA) is 9.23 Å². The summed E-state index contributed by atoms with van der Waals surface area (Å²) in [6, 6.07) is 4.29. The Kier molecular flexibility index (Phi) is 3.40. The summed E-state index contributed by atoms with van der Waals surface area (Å²) in [6.07, 6.45) is -3.80. The van der Waals surface area contributed by atoms with E-state index in [2.05, 4.69) is 0 Å². The van der Waals surface area contributed by atoms with Crippen LogP contribution in [-0.4, -0.2) is 13.7 Å². The molecule has 2 aromatic rings. The average molecular weight is 260 g/mol. The highest BCUT2D eigenvalue weighted by molar-refractivity contribution is 7.17. The summed E-state index contributed by atoms with van der Waals surface area (Å²) in [7, 11) is 1.54. The van der Waals surface area contributed by atoms with Gasteiger partial charge in [-0.05, 0) is 29.5 Å². The lowest BCUT2D eigenvalue weighted by molar-refractivity contribution is -0.136. The van der Waals surface area contributed by atoms with Gasteiger partial charge in [-0.1, -0.05) is 6.07 Å². The van der Waals surface area contributed by atoms with Gasteiger partial charge in [0.15, 0.2) is 0 Å². The third kappa shape index (κ3) is 2.45. The number of benzene rings is 1. The van der Waals surface area contributed by atoms with E-state index in [4.69, 9.17) is 4.74 Å². The molecule has 1 heterocycles. The average Bonchev–Trinajstić information content (AvgIpc) is 2.68. The molecule has 17 heavy (non-hydrogen) atoms. The van der Waals surface area contributed by atoms with Crippen molar-refractivity contribution in [2.45, 2.75) is 12.6 Å². The minimum atomic E-state index is -4.30. The molecule has 0 saturated carbocycles. The highest BCUT2D eigenvalue weighted by Crippen LogP contribution is 2.38. The zero-order chi connectivity index (χ0) is 12.5. The molecule has 1 nitrogen and oxygen atoms in total. The van der Waals surface area contributed by atoms with Gasteiger partial charge in [0.25, 0.3) is 0 Å². The number of halogens is 3. The Hall–Kier alpha value is -1.07. The Bertz CT molecular complexity index is 516. The standard InChI is InChI=1S/C12H11F3OS/c1-16-6-5-8-7-17-10-4-2-3-9(11(8)10)12(13,14)15/h2-4,7H,5-6H2,1H3. The number of rotatable bonds is 3. The van der Waals surface area contributed by atoms with Gasteiger partial charge in [-0.15, -0.1) is 11.3 Å². The van der Waals surface area contributed by atoms with E-state index < -0.39 is 11.7 Å². The van der Waals surface area contributed by atoms with Crippen molar-refractivity contribution >= 4 is 21.4 Å². The van der Waals surface area contributed by atoms with Crippen molar-refractivity contribution in [3.05, 3.63) is 34.7 Å². The lowest BCUT2D eigenvalue weighted by Crippen LogP contribution is -2.06. The molecule has 5 heteroatoms. The number of thiophene rings is 1. The highest BCUT2D eigenvalue weighted by atomic mass is 32.1. The van der Waals surface area contributed by atoms with Crippen LogP contribution in [-0.2, 0) is 17.3 Å². The van der Waals surface area contributed by atoms with Crippen LogP contribution in [0, 0.1) is 0 Å². The third-order valence-electron chi connectivity index (χ3n) is 2.56. The predicted octanol–water partition coefficient (Wildman–Crippen LogP) is 4.11. The van der Waals surface area contributed by atoms with E-state index in [1.165, 1.54) is 17.4 Å². The quantitative estimate of drug-likeness (QED) is 0.807. The maximum atomic E-state index is 12.9. The molecule has 1 aromatic heterocycles. The van der Waals surface area contributed by atoms with Crippen LogP contribution in [0.25, 0.3) is 10.1 Å². The fourth-order valence-electron chi connectivity index (χ4n) is 1.79. The normalized spacial score (nSPS) is 12.2. The van der Waals surface area contributed by atoms with E-state index in [1.54, 1.807) is 18.6 Å². The molecule has 0 atom stereocenters. The van der Waals surface area contributed by atoms with Crippen molar-refractivity contribution in [2.24, 2.45) is 0 Å². The molecule has 0 unspecified atom stereocenters. The first kappa shape index (κ1) is 12.4. The number of ether oxygens (including phenoxy) is 1. The van der Waals surface area contributed by atoms with Crippen LogP contribution in [0.4, 0.5) is 13.2 Å². The summed E-state index contributed by atoms with van der Waals surface area (Å²) in [5.74, 6) is 0. The Balaban J connectivity index is 2.56. The number of hydrogen-bond acceptors (Lipinski definition) is 2. The van der Waals surface area contributed by atoms with Crippen molar-refractivity contribution < 1.29 is 17.9 Å². The Labute approximate surface area is 101 Å². The minimum Gasteiger partial charge on any atom is -0.384 e. The number of fused-ring (bicyclic) bond motifs is 1. The molecule has 92 valence electrons. The molecule has 0 aliphatic rings. The van der Waals surface area contributed by atoms with Gasteiger partial charge in [-0.2, -0.15) is 13.2 Å². The summed E-state index contributed by atoms with van der Waals surface area (Å²) in [6.45, 7) is 0.429. The summed E-state index contributed by atoms with van der Waals surface area (Å²) in [4.78, 5) is 0. The van der Waals surface area contributed by atoms with Gasteiger partial charge in [0.1, 0.15) is 0 Å². The van der Waals surface area contributed by atoms with E-state index in [-0.39, 0.29) is 0 Å². The molecule has 0 saturated heterocycles. The van der Waals surface area contributed by atoms with E-state index >= 15 is 0 Å². The van der Waals surface area contributed by atoms with Crippen LogP contribution in [0.5, 0.6) is 0 Å². The van der Waals surface area contributed by atoms with Crippen LogP contribution in [0.3, 0.4) is 0 Å². The maximum Gasteiger partial charge on any atom is 0.417 e. The molecule has 0 bridgehead atoms. The summed E-state index contributed by atoms with van der Waals surface area (Å²) >= 11 is 1.34. The Morgan fingerprint density at radius 2 is 2.06 bits per heavy atom. The Morgan fingerprint density at radius 1 is 1.29 bits per heavy atom. The highest BCUT2D eigenvalue weighted by Gasteiger charge is 2.33. The first-order chi connectivity index (χ1) is 8.04. The second-order valence-electron chi connectivity index (χ2n) is 3.68. The molecule has 0 radical (unpaired) electrons. The minimum absolute atomic E-state index is 0.321. The van der Waals surface area contributed by atoms with E-state index in [0.29, 0.717) is 28.7 Å². The van der Waals surface area contributed by atoms with Crippen molar-refractivity contribution in [1.29, 1.82) is 0 Å². The van der Waals surface area contributed by atoms with Gasteiger partial charge in [-0.3, -0.25) is 0 Å². The Morgan fingerprint density at radius 3 is 2.71 bits per heavy atom. The van der Waals surface area contributed by atoms with Gasteiger partial charge < -0.3 is 4.74 Å². The third-order valence-corrected chi connectivity index (χ3v) is 3.55. The predicted molar refractivity (Wildman–Crippen MR) is 62.4 cm³/mol. The smallest absolute Gasteiger partial charge is 0.384 e. The lowest BCUT2D eigenvalue weighted by Gasteiger charge is -2.09. The number of methoxy groups -OCH3 is 1. The first-order valence-corrected chi connectivity index (χ1v) is 5.97. The lowest BCUT2D eigenvalue weighted by atomic mass is 10.0. The van der Waals surface area contributed by atoms with E-state index in [1.807, 2.05) is 0 Å². The van der Waals surface area contributed by atoms with E-state index in [0.717, 1.165) is 6.07 Å². The van der Waals surface area contributed by atoms with Crippen molar-refractivity contribution in [3.63, 3.8) is 0 Å². The maximum absolute atomic E-state index is 12.9. The molecular formula is C12H11F3OS. The molecule has 0 aliphatic carbocycles. The zero-order valence-corrected chi connectivity index (χ0v) is 9.99. The van der Waals surface area contributed by atoms with Gasteiger partial charge in [-0.25, -0.2) is 0 Å². The van der Waals surface area contributed by atoms with Crippen molar-refractivity contribution in [3.8, 4) is 0 Å². The fourth-order valence-corrected chi connectivity index (χ4v) is 2.81. The molecule has 1 aromatic carbocycles. The van der Waals surface area contributed by atoms with Crippen LogP contribution in [0.2, 0.25) is 0 Å². The van der Waals surface area contributed by atoms with Crippen LogP contribution in [0.15, 0.2) is 23.6 Å². The fraction of sp³-hybridized carbons (Fsp3) is 0.333. The van der Waals surface area contributed by atoms with Crippen molar-refractivity contribution in [1.82, 2.24) is 0 Å². The number of hydrogen-bond donors (Lipinski definition) is 0. The van der Waals surface area contributed by atoms with Crippen LogP contribution in [0.1, 0.15) is 11.1 Å². The SMILES string of the molecule is COCCc1csc2cccc(C(F)(F)F)c12.